The second kappa shape index (κ2) is 7.47. The number of rotatable bonds is 5. The number of carbonyl (C=O) groups is 4. The summed E-state index contributed by atoms with van der Waals surface area (Å²) >= 11 is 0. The molecule has 0 fully saturated rings. The zero-order valence-corrected chi connectivity index (χ0v) is 17.7. The smallest absolute Gasteiger partial charge is 0.275 e. The number of aliphatic hydroxyl groups is 1. The van der Waals surface area contributed by atoms with Gasteiger partial charge < -0.3 is 9.84 Å². The molecule has 2 aliphatic rings. The van der Waals surface area contributed by atoms with Crippen LogP contribution in [-0.2, 0) is 0 Å². The summed E-state index contributed by atoms with van der Waals surface area (Å²) in [7, 11) is 1.43. The second-order valence-corrected chi connectivity index (χ2v) is 7.73. The highest BCUT2D eigenvalue weighted by molar-refractivity contribution is 6.39. The molecule has 0 bridgehead atoms. The lowest BCUT2D eigenvalue weighted by Gasteiger charge is -2.32. The van der Waals surface area contributed by atoms with Crippen molar-refractivity contribution in [3.8, 4) is 5.88 Å². The summed E-state index contributed by atoms with van der Waals surface area (Å²) in [4.78, 5) is 57.8. The van der Waals surface area contributed by atoms with Gasteiger partial charge in [0, 0.05) is 40.7 Å². The van der Waals surface area contributed by atoms with Crippen LogP contribution in [0.25, 0.3) is 10.8 Å². The van der Waals surface area contributed by atoms with Gasteiger partial charge in [-0.15, -0.1) is 0 Å². The molecular formula is C23H18N4O6. The molecule has 0 radical (unpaired) electrons. The van der Waals surface area contributed by atoms with Crippen LogP contribution in [0.2, 0.25) is 0 Å². The number of amides is 4. The minimum Gasteiger partial charge on any atom is -0.481 e. The molecule has 0 saturated carbocycles. The molecule has 2 aliphatic heterocycles. The molecular weight excluding hydrogens is 428 g/mol. The third kappa shape index (κ3) is 2.99. The Balaban J connectivity index is 1.67. The van der Waals surface area contributed by atoms with Gasteiger partial charge in [-0.3, -0.25) is 19.2 Å². The number of pyridine rings is 1. The molecule has 1 unspecified atom stereocenters. The first kappa shape index (κ1) is 20.7. The average molecular weight is 446 g/mol. The number of anilines is 1. The number of carbonyl (C=O) groups excluding carboxylic acids is 4. The summed E-state index contributed by atoms with van der Waals surface area (Å²) < 4.78 is 5.10. The third-order valence-electron chi connectivity index (χ3n) is 5.63. The number of aliphatic hydroxyl groups excluding tert-OH is 1. The van der Waals surface area contributed by atoms with Gasteiger partial charge in [0.15, 0.2) is 0 Å². The van der Waals surface area contributed by atoms with Crippen molar-refractivity contribution in [1.82, 2.24) is 15.4 Å². The minimum absolute atomic E-state index is 0.00650. The van der Waals surface area contributed by atoms with Gasteiger partial charge in [-0.05, 0) is 37.3 Å². The first-order chi connectivity index (χ1) is 15.8. The van der Waals surface area contributed by atoms with Gasteiger partial charge in [0.2, 0.25) is 5.88 Å². The lowest BCUT2D eigenvalue weighted by atomic mass is 9.86. The molecule has 166 valence electrons. The Bertz CT molecular complexity index is 1310. The summed E-state index contributed by atoms with van der Waals surface area (Å²) in [6, 6.07) is 8.89. The predicted octanol–water partition coefficient (Wildman–Crippen LogP) is 1.53. The average Bonchev–Trinajstić information content (AvgIpc) is 2.81. The van der Waals surface area contributed by atoms with Gasteiger partial charge in [-0.1, -0.05) is 0 Å². The van der Waals surface area contributed by atoms with Crippen molar-refractivity contribution in [2.24, 2.45) is 0 Å². The molecule has 10 heteroatoms. The highest BCUT2D eigenvalue weighted by Crippen LogP contribution is 2.38. The maximum Gasteiger partial charge on any atom is 0.275 e. The van der Waals surface area contributed by atoms with Crippen LogP contribution >= 0.6 is 0 Å². The van der Waals surface area contributed by atoms with Crippen molar-refractivity contribution in [2.45, 2.75) is 13.0 Å². The van der Waals surface area contributed by atoms with Crippen molar-refractivity contribution in [3.05, 3.63) is 64.8 Å². The summed E-state index contributed by atoms with van der Waals surface area (Å²) in [5, 5.41) is 10.9. The van der Waals surface area contributed by atoms with Gasteiger partial charge >= 0.3 is 0 Å². The topological polar surface area (TPSA) is 129 Å². The molecule has 0 aliphatic carbocycles. The van der Waals surface area contributed by atoms with E-state index in [1.54, 1.807) is 0 Å². The summed E-state index contributed by atoms with van der Waals surface area (Å²) in [6.07, 6.45) is 0.645. The molecule has 2 aromatic carbocycles. The van der Waals surface area contributed by atoms with Gasteiger partial charge in [0.05, 0.1) is 30.0 Å². The number of hydrazine groups is 1. The molecule has 0 saturated heterocycles. The lowest BCUT2D eigenvalue weighted by Crippen LogP contribution is -2.51. The number of nitrogens with one attached hydrogen (secondary N) is 1. The number of aromatic nitrogens is 1. The van der Waals surface area contributed by atoms with E-state index in [4.69, 9.17) is 4.74 Å². The predicted molar refractivity (Wildman–Crippen MR) is 116 cm³/mol. The van der Waals surface area contributed by atoms with E-state index in [2.05, 4.69) is 10.4 Å². The Labute approximate surface area is 187 Å². The molecule has 5 rings (SSSR count). The number of imide groups is 2. The molecule has 2 N–H and O–H groups in total. The van der Waals surface area contributed by atoms with Crippen molar-refractivity contribution in [3.63, 3.8) is 0 Å². The molecule has 1 atom stereocenters. The van der Waals surface area contributed by atoms with E-state index in [9.17, 15) is 24.3 Å². The van der Waals surface area contributed by atoms with Crippen LogP contribution in [0, 0.1) is 0 Å². The van der Waals surface area contributed by atoms with Gasteiger partial charge in [-0.25, -0.2) is 20.3 Å². The molecule has 3 heterocycles. The number of benzene rings is 2. The van der Waals surface area contributed by atoms with Crippen LogP contribution in [0.15, 0.2) is 42.6 Å². The monoisotopic (exact) mass is 446 g/mol. The zero-order valence-electron chi connectivity index (χ0n) is 17.7. The number of nitrogens with zero attached hydrogens (tertiary/aromatic N) is 3. The standard InChI is InChI=1S/C23H18N4O6/c1-11(28)10-25-27-22(31)15-5-3-13-18-14(4-6-16(19(15)18)23(27)32)21(30)26(20(13)29)12-7-8-24-17(9-12)33-2/h3-9,11,25,28H,10H2,1-2H3. The molecule has 0 spiro atoms. The Morgan fingerprint density at radius 1 is 0.909 bits per heavy atom. The Morgan fingerprint density at radius 2 is 1.42 bits per heavy atom. The van der Waals surface area contributed by atoms with E-state index in [1.807, 2.05) is 0 Å². The molecule has 10 nitrogen and oxygen atoms in total. The maximum atomic E-state index is 13.4. The highest BCUT2D eigenvalue weighted by Gasteiger charge is 2.40. The van der Waals surface area contributed by atoms with Crippen LogP contribution < -0.4 is 15.1 Å². The van der Waals surface area contributed by atoms with Crippen molar-refractivity contribution < 1.29 is 29.0 Å². The van der Waals surface area contributed by atoms with Crippen LogP contribution in [0.3, 0.4) is 0 Å². The molecule has 33 heavy (non-hydrogen) atoms. The van der Waals surface area contributed by atoms with Crippen molar-refractivity contribution >= 4 is 40.1 Å². The zero-order chi connectivity index (χ0) is 23.4. The SMILES string of the molecule is COc1cc(N2C(=O)c3ccc4c5c(ccc(c35)C2=O)C(=O)N(NCC(C)O)C4=O)ccn1. The Hall–Kier alpha value is -4.15. The number of hydrogen-bond donors (Lipinski definition) is 2. The molecule has 4 amide bonds. The van der Waals surface area contributed by atoms with Crippen LogP contribution in [0.4, 0.5) is 5.69 Å². The molecule has 3 aromatic rings. The van der Waals surface area contributed by atoms with E-state index < -0.39 is 29.7 Å². The highest BCUT2D eigenvalue weighted by atomic mass is 16.5. The van der Waals surface area contributed by atoms with E-state index in [0.29, 0.717) is 0 Å². The van der Waals surface area contributed by atoms with Crippen LogP contribution in [0.1, 0.15) is 48.4 Å². The number of ether oxygens (including phenoxy) is 1. The van der Waals surface area contributed by atoms with Crippen molar-refractivity contribution in [1.29, 1.82) is 0 Å². The Kier molecular flexibility index (Phi) is 4.69. The van der Waals surface area contributed by atoms with Crippen molar-refractivity contribution in [2.75, 3.05) is 18.6 Å². The van der Waals surface area contributed by atoms with Crippen LogP contribution in [-0.4, -0.2) is 58.5 Å². The largest absolute Gasteiger partial charge is 0.481 e. The minimum atomic E-state index is -0.782. The first-order valence-electron chi connectivity index (χ1n) is 10.1. The normalized spacial score (nSPS) is 16.0. The number of hydrogen-bond acceptors (Lipinski definition) is 8. The summed E-state index contributed by atoms with van der Waals surface area (Å²) in [5.41, 5.74) is 3.70. The quantitative estimate of drug-likeness (QED) is 0.565. The van der Waals surface area contributed by atoms with Gasteiger partial charge in [0.25, 0.3) is 23.6 Å². The van der Waals surface area contributed by atoms with E-state index in [-0.39, 0.29) is 51.1 Å². The fraction of sp³-hybridized carbons (Fsp3) is 0.174. The van der Waals surface area contributed by atoms with E-state index >= 15 is 0 Å². The van der Waals surface area contributed by atoms with Gasteiger partial charge in [0.1, 0.15) is 0 Å². The maximum absolute atomic E-state index is 13.4. The number of methoxy groups -OCH3 is 1. The summed E-state index contributed by atoms with van der Waals surface area (Å²) in [5.74, 6) is -2.18. The van der Waals surface area contributed by atoms with E-state index in [0.717, 1.165) is 9.91 Å². The summed E-state index contributed by atoms with van der Waals surface area (Å²) in [6.45, 7) is 1.51. The van der Waals surface area contributed by atoms with Crippen LogP contribution in [0.5, 0.6) is 5.88 Å². The fourth-order valence-corrected chi connectivity index (χ4v) is 4.13. The second-order valence-electron chi connectivity index (χ2n) is 7.73. The van der Waals surface area contributed by atoms with Gasteiger partial charge in [-0.2, -0.15) is 0 Å². The fourth-order valence-electron chi connectivity index (χ4n) is 4.13. The Morgan fingerprint density at radius 3 is 1.91 bits per heavy atom. The molecule has 1 aromatic heterocycles. The van der Waals surface area contributed by atoms with E-state index in [1.165, 1.54) is 56.6 Å². The first-order valence-corrected chi connectivity index (χ1v) is 10.1. The third-order valence-corrected chi connectivity index (χ3v) is 5.63. The lowest BCUT2D eigenvalue weighted by molar-refractivity contribution is 0.0483.